The summed E-state index contributed by atoms with van der Waals surface area (Å²) in [7, 11) is 1.33. The normalized spacial score (nSPS) is 20.1. The molecule has 1 aromatic heterocycles. The van der Waals surface area contributed by atoms with E-state index in [4.69, 9.17) is 0 Å². The number of unbranched alkanes of at least 4 members (excludes halogenated alkanes) is 1. The summed E-state index contributed by atoms with van der Waals surface area (Å²) in [6.07, 6.45) is 1.93. The smallest absolute Gasteiger partial charge is 0.351 e. The predicted octanol–water partition coefficient (Wildman–Crippen LogP) is 3.72. The number of aromatic nitrogens is 1. The molecule has 1 fully saturated rings. The molecule has 0 bridgehead atoms. The quantitative estimate of drug-likeness (QED) is 0.345. The molecule has 29 heavy (non-hydrogen) atoms. The highest BCUT2D eigenvalue weighted by atomic mass is 32.2. The molecule has 0 radical (unpaired) electrons. The van der Waals surface area contributed by atoms with Crippen LogP contribution in [-0.4, -0.2) is 46.7 Å². The zero-order chi connectivity index (χ0) is 20.9. The van der Waals surface area contributed by atoms with E-state index in [-0.39, 0.29) is 30.5 Å². The molecule has 158 valence electrons. The van der Waals surface area contributed by atoms with Gasteiger partial charge in [-0.05, 0) is 44.1 Å². The molecule has 0 spiro atoms. The van der Waals surface area contributed by atoms with Crippen molar-refractivity contribution >= 4 is 39.8 Å². The first-order valence-corrected chi connectivity index (χ1v) is 11.1. The monoisotopic (exact) mass is 445 g/mol. The number of halogens is 3. The van der Waals surface area contributed by atoms with Crippen LogP contribution in [0.2, 0.25) is 0 Å². The van der Waals surface area contributed by atoms with E-state index < -0.39 is 11.9 Å². The number of hydrogen-bond acceptors (Lipinski definition) is 7. The third kappa shape index (κ3) is 6.30. The molecule has 1 aromatic rings. The van der Waals surface area contributed by atoms with Crippen LogP contribution in [0.5, 0.6) is 0 Å². The van der Waals surface area contributed by atoms with Crippen LogP contribution in [0.15, 0.2) is 33.4 Å². The number of thioether (sulfide) groups is 1. The second-order valence-electron chi connectivity index (χ2n) is 6.72. The largest absolute Gasteiger partial charge is 0.431 e. The standard InChI is InChI=1S/C18H22F3N5OS2/c1-22-26-14(18(19,20)21)4-2-3-7-23-15(27)12-10-13(11-5-6-11)29-17(25-12)16-24-8-9-28-16/h8-11,13,22H,2-7H2,1H3,(H,23,27)/b26-14-. The molecular weight excluding hydrogens is 423 g/mol. The van der Waals surface area contributed by atoms with Crippen molar-refractivity contribution in [3.63, 3.8) is 0 Å². The molecule has 1 aliphatic heterocycles. The fourth-order valence-corrected chi connectivity index (χ4v) is 4.84. The van der Waals surface area contributed by atoms with Crippen molar-refractivity contribution in [3.05, 3.63) is 28.4 Å². The van der Waals surface area contributed by atoms with Crippen LogP contribution in [-0.2, 0) is 4.79 Å². The van der Waals surface area contributed by atoms with E-state index in [9.17, 15) is 18.0 Å². The molecule has 1 aliphatic carbocycles. The number of amides is 1. The average Bonchev–Trinajstić information content (AvgIpc) is 3.39. The van der Waals surface area contributed by atoms with Gasteiger partial charge in [0.1, 0.15) is 21.5 Å². The van der Waals surface area contributed by atoms with E-state index in [0.717, 1.165) is 22.9 Å². The van der Waals surface area contributed by atoms with Crippen molar-refractivity contribution < 1.29 is 18.0 Å². The topological polar surface area (TPSA) is 78.7 Å². The summed E-state index contributed by atoms with van der Waals surface area (Å²) in [5.74, 6) is 0.255. The third-order valence-electron chi connectivity index (χ3n) is 4.43. The van der Waals surface area contributed by atoms with Crippen LogP contribution in [0, 0.1) is 5.92 Å². The number of hydrazone groups is 1. The van der Waals surface area contributed by atoms with Gasteiger partial charge < -0.3 is 10.7 Å². The van der Waals surface area contributed by atoms with Crippen LogP contribution in [0.1, 0.15) is 37.1 Å². The van der Waals surface area contributed by atoms with E-state index >= 15 is 0 Å². The molecule has 1 amide bonds. The Morgan fingerprint density at radius 2 is 2.14 bits per heavy atom. The molecule has 1 unspecified atom stereocenters. The lowest BCUT2D eigenvalue weighted by molar-refractivity contribution is -0.117. The number of aliphatic imine (C=N–C) groups is 1. The maximum atomic E-state index is 12.8. The molecule has 2 heterocycles. The Hall–Kier alpha value is -1.88. The van der Waals surface area contributed by atoms with Gasteiger partial charge in [0.25, 0.3) is 5.91 Å². The molecule has 11 heteroatoms. The van der Waals surface area contributed by atoms with Gasteiger partial charge in [0.2, 0.25) is 0 Å². The van der Waals surface area contributed by atoms with E-state index in [0.29, 0.717) is 18.0 Å². The third-order valence-corrected chi connectivity index (χ3v) is 6.64. The summed E-state index contributed by atoms with van der Waals surface area (Å²) in [5.41, 5.74) is 1.70. The summed E-state index contributed by atoms with van der Waals surface area (Å²) >= 11 is 3.12. The molecule has 0 saturated heterocycles. The Morgan fingerprint density at radius 1 is 1.34 bits per heavy atom. The van der Waals surface area contributed by atoms with Crippen LogP contribution < -0.4 is 10.7 Å². The first kappa shape index (κ1) is 21.8. The van der Waals surface area contributed by atoms with E-state index in [1.807, 2.05) is 11.5 Å². The maximum absolute atomic E-state index is 12.8. The Labute approximate surface area is 175 Å². The number of thiazole rings is 1. The van der Waals surface area contributed by atoms with Gasteiger partial charge in [0.05, 0.1) is 0 Å². The average molecular weight is 446 g/mol. The summed E-state index contributed by atoms with van der Waals surface area (Å²) in [4.78, 5) is 21.3. The van der Waals surface area contributed by atoms with Gasteiger partial charge in [0.15, 0.2) is 0 Å². The number of rotatable bonds is 9. The Kier molecular flexibility index (Phi) is 7.33. The highest BCUT2D eigenvalue weighted by Crippen LogP contribution is 2.43. The summed E-state index contributed by atoms with van der Waals surface area (Å²) in [5, 5.41) is 9.67. The Bertz CT molecular complexity index is 801. The molecule has 1 saturated carbocycles. The minimum Gasteiger partial charge on any atom is -0.351 e. The number of alkyl halides is 3. The zero-order valence-electron chi connectivity index (χ0n) is 15.8. The van der Waals surface area contributed by atoms with Crippen molar-refractivity contribution in [2.24, 2.45) is 16.0 Å². The summed E-state index contributed by atoms with van der Waals surface area (Å²) in [6.45, 7) is 0.282. The Balaban J connectivity index is 1.52. The molecular formula is C18H22F3N5OS2. The number of carbonyl (C=O) groups excluding carboxylic acids is 1. The fraction of sp³-hybridized carbons (Fsp3) is 0.556. The van der Waals surface area contributed by atoms with Crippen LogP contribution in [0.3, 0.4) is 0 Å². The number of hydrogen-bond donors (Lipinski definition) is 2. The van der Waals surface area contributed by atoms with Gasteiger partial charge >= 0.3 is 6.18 Å². The summed E-state index contributed by atoms with van der Waals surface area (Å²) in [6, 6.07) is 0. The van der Waals surface area contributed by atoms with Crippen LogP contribution >= 0.6 is 23.1 Å². The van der Waals surface area contributed by atoms with Crippen molar-refractivity contribution in [3.8, 4) is 0 Å². The second-order valence-corrected chi connectivity index (χ2v) is 8.78. The molecule has 6 nitrogen and oxygen atoms in total. The van der Waals surface area contributed by atoms with Gasteiger partial charge in [-0.15, -0.1) is 11.3 Å². The van der Waals surface area contributed by atoms with Gasteiger partial charge in [-0.2, -0.15) is 18.3 Å². The minimum atomic E-state index is -4.45. The van der Waals surface area contributed by atoms with Crippen LogP contribution in [0.25, 0.3) is 0 Å². The SMILES string of the molecule is CN/N=C(/CCCCNC(=O)C1=CC(C2CC2)SC(c2nccs2)=N1)C(F)(F)F. The molecule has 2 aliphatic rings. The van der Waals surface area contributed by atoms with Crippen molar-refractivity contribution in [1.82, 2.24) is 15.7 Å². The van der Waals surface area contributed by atoms with Gasteiger partial charge in [-0.25, -0.2) is 9.98 Å². The minimum absolute atomic E-state index is 0.199. The number of nitrogens with zero attached hydrogens (tertiary/aromatic N) is 3. The zero-order valence-corrected chi connectivity index (χ0v) is 17.5. The van der Waals surface area contributed by atoms with Crippen molar-refractivity contribution in [2.75, 3.05) is 13.6 Å². The van der Waals surface area contributed by atoms with Crippen LogP contribution in [0.4, 0.5) is 13.2 Å². The lowest BCUT2D eigenvalue weighted by Crippen LogP contribution is -2.29. The van der Waals surface area contributed by atoms with E-state index in [1.165, 1.54) is 18.4 Å². The van der Waals surface area contributed by atoms with Crippen molar-refractivity contribution in [2.45, 2.75) is 43.5 Å². The lowest BCUT2D eigenvalue weighted by Gasteiger charge is -2.19. The summed E-state index contributed by atoms with van der Waals surface area (Å²) < 4.78 is 38.3. The van der Waals surface area contributed by atoms with Gasteiger partial charge in [-0.3, -0.25) is 4.79 Å². The predicted molar refractivity (Wildman–Crippen MR) is 110 cm³/mol. The number of carbonyl (C=O) groups is 1. The van der Waals surface area contributed by atoms with E-state index in [2.05, 4.69) is 25.8 Å². The Morgan fingerprint density at radius 3 is 2.76 bits per heavy atom. The van der Waals surface area contributed by atoms with Gasteiger partial charge in [-0.1, -0.05) is 11.8 Å². The number of nitrogens with one attached hydrogen (secondary N) is 2. The fourth-order valence-electron chi connectivity index (χ4n) is 2.81. The maximum Gasteiger partial charge on any atom is 0.431 e. The highest BCUT2D eigenvalue weighted by molar-refractivity contribution is 8.15. The van der Waals surface area contributed by atoms with Gasteiger partial charge in [0, 0.05) is 30.4 Å². The second kappa shape index (κ2) is 9.75. The van der Waals surface area contributed by atoms with E-state index in [1.54, 1.807) is 18.0 Å². The first-order chi connectivity index (χ1) is 13.9. The molecule has 2 N–H and O–H groups in total. The lowest BCUT2D eigenvalue weighted by atomic mass is 10.1. The molecule has 3 rings (SSSR count). The van der Waals surface area contributed by atoms with Crippen molar-refractivity contribution in [1.29, 1.82) is 0 Å². The highest BCUT2D eigenvalue weighted by Gasteiger charge is 2.36. The molecule has 0 aromatic carbocycles. The first-order valence-electron chi connectivity index (χ1n) is 9.34. The molecule has 1 atom stereocenters.